The third-order valence-corrected chi connectivity index (χ3v) is 5.86. The summed E-state index contributed by atoms with van der Waals surface area (Å²) in [7, 11) is 0. The van der Waals surface area contributed by atoms with Crippen LogP contribution < -0.4 is 9.80 Å². The summed E-state index contributed by atoms with van der Waals surface area (Å²) in [5, 5.41) is 0.924. The number of piperazine rings is 1. The van der Waals surface area contributed by atoms with Gasteiger partial charge in [-0.2, -0.15) is 0 Å². The Morgan fingerprint density at radius 3 is 2.37 bits per heavy atom. The molecule has 1 aromatic heterocycles. The van der Waals surface area contributed by atoms with Crippen LogP contribution >= 0.6 is 0 Å². The third kappa shape index (κ3) is 3.68. The first kappa shape index (κ1) is 18.8. The largest absolute Gasteiger partial charge is 0.378 e. The maximum atomic E-state index is 13.2. The number of fused-ring (bicyclic) bond motifs is 1. The van der Waals surface area contributed by atoms with Gasteiger partial charge in [0.15, 0.2) is 0 Å². The van der Waals surface area contributed by atoms with Gasteiger partial charge in [-0.05, 0) is 30.3 Å². The predicted octanol–water partition coefficient (Wildman–Crippen LogP) is 2.43. The number of carbonyl (C=O) groups excluding carboxylic acids is 1. The van der Waals surface area contributed by atoms with Gasteiger partial charge in [-0.25, -0.2) is 9.97 Å². The Hall–Kier alpha value is -3.19. The second-order valence-corrected chi connectivity index (χ2v) is 7.64. The van der Waals surface area contributed by atoms with E-state index in [0.717, 1.165) is 42.9 Å². The number of hydrogen-bond donors (Lipinski definition) is 0. The molecule has 2 aliphatic heterocycles. The van der Waals surface area contributed by atoms with Gasteiger partial charge < -0.3 is 19.4 Å². The fourth-order valence-corrected chi connectivity index (χ4v) is 4.19. The lowest BCUT2D eigenvalue weighted by Crippen LogP contribution is -2.48. The van der Waals surface area contributed by atoms with Gasteiger partial charge in [0, 0.05) is 55.9 Å². The summed E-state index contributed by atoms with van der Waals surface area (Å²) in [5.41, 5.74) is 2.76. The first-order valence-corrected chi connectivity index (χ1v) is 10.5. The fourth-order valence-electron chi connectivity index (χ4n) is 4.19. The number of hydrogen-bond acceptors (Lipinski definition) is 6. The van der Waals surface area contributed by atoms with Gasteiger partial charge in [-0.1, -0.05) is 18.2 Å². The van der Waals surface area contributed by atoms with Crippen LogP contribution in [0.1, 0.15) is 10.4 Å². The lowest BCUT2D eigenvalue weighted by Gasteiger charge is -2.36. The Bertz CT molecular complexity index is 1030. The van der Waals surface area contributed by atoms with E-state index >= 15 is 0 Å². The Morgan fingerprint density at radius 2 is 1.60 bits per heavy atom. The molecule has 0 bridgehead atoms. The third-order valence-electron chi connectivity index (χ3n) is 5.86. The molecule has 2 aliphatic rings. The van der Waals surface area contributed by atoms with Crippen molar-refractivity contribution in [2.75, 3.05) is 62.3 Å². The summed E-state index contributed by atoms with van der Waals surface area (Å²) in [6.45, 7) is 6.08. The number of aromatic nitrogens is 2. The van der Waals surface area contributed by atoms with Crippen molar-refractivity contribution in [1.82, 2.24) is 14.9 Å². The van der Waals surface area contributed by atoms with Crippen molar-refractivity contribution in [3.8, 4) is 0 Å². The SMILES string of the molecule is O=C(c1ccc2ncnc(N3CCOCC3)c2c1)N1CCN(c2ccccc2)CC1. The minimum absolute atomic E-state index is 0.0707. The van der Waals surface area contributed by atoms with E-state index in [2.05, 4.69) is 44.0 Å². The van der Waals surface area contributed by atoms with E-state index in [0.29, 0.717) is 31.9 Å². The Balaban J connectivity index is 1.35. The number of anilines is 2. The summed E-state index contributed by atoms with van der Waals surface area (Å²) in [6.07, 6.45) is 1.59. The van der Waals surface area contributed by atoms with Crippen molar-refractivity contribution in [1.29, 1.82) is 0 Å². The number of carbonyl (C=O) groups is 1. The maximum absolute atomic E-state index is 13.2. The zero-order valence-electron chi connectivity index (χ0n) is 16.9. The van der Waals surface area contributed by atoms with Crippen molar-refractivity contribution >= 4 is 28.3 Å². The van der Waals surface area contributed by atoms with Crippen LogP contribution in [-0.4, -0.2) is 73.3 Å². The van der Waals surface area contributed by atoms with E-state index < -0.39 is 0 Å². The monoisotopic (exact) mass is 403 g/mol. The number of nitrogens with zero attached hydrogens (tertiary/aromatic N) is 5. The molecule has 0 saturated carbocycles. The van der Waals surface area contributed by atoms with E-state index in [-0.39, 0.29) is 5.91 Å². The molecule has 5 rings (SSSR count). The highest BCUT2D eigenvalue weighted by molar-refractivity contribution is 6.00. The number of amides is 1. The van der Waals surface area contributed by atoms with E-state index in [4.69, 9.17) is 4.74 Å². The van der Waals surface area contributed by atoms with Crippen LogP contribution in [-0.2, 0) is 4.74 Å². The standard InChI is InChI=1S/C23H25N5O2/c29-23(28-10-8-26(9-11-28)19-4-2-1-3-5-19)18-6-7-21-20(16-18)22(25-17-24-21)27-12-14-30-15-13-27/h1-7,16-17H,8-15H2. The number of benzene rings is 2. The molecule has 0 atom stereocenters. The summed E-state index contributed by atoms with van der Waals surface area (Å²) in [5.74, 6) is 0.952. The maximum Gasteiger partial charge on any atom is 0.254 e. The minimum Gasteiger partial charge on any atom is -0.378 e. The fraction of sp³-hybridized carbons (Fsp3) is 0.348. The summed E-state index contributed by atoms with van der Waals surface area (Å²) in [6, 6.07) is 16.1. The molecule has 3 heterocycles. The first-order chi connectivity index (χ1) is 14.8. The zero-order valence-corrected chi connectivity index (χ0v) is 16.9. The van der Waals surface area contributed by atoms with Crippen LogP contribution in [0.3, 0.4) is 0 Å². The number of morpholine rings is 1. The molecule has 0 spiro atoms. The van der Waals surface area contributed by atoms with E-state index in [1.165, 1.54) is 5.69 Å². The summed E-state index contributed by atoms with van der Waals surface area (Å²) < 4.78 is 5.47. The average molecular weight is 403 g/mol. The molecule has 30 heavy (non-hydrogen) atoms. The normalized spacial score (nSPS) is 17.4. The lowest BCUT2D eigenvalue weighted by atomic mass is 10.1. The molecule has 7 heteroatoms. The Morgan fingerprint density at radius 1 is 0.833 bits per heavy atom. The predicted molar refractivity (Wildman–Crippen MR) is 117 cm³/mol. The van der Waals surface area contributed by atoms with Gasteiger partial charge in [0.2, 0.25) is 0 Å². The Kier molecular flexibility index (Phi) is 5.19. The van der Waals surface area contributed by atoms with Crippen LogP contribution in [0.25, 0.3) is 10.9 Å². The highest BCUT2D eigenvalue weighted by Gasteiger charge is 2.23. The van der Waals surface area contributed by atoms with Crippen molar-refractivity contribution in [2.45, 2.75) is 0 Å². The number of para-hydroxylation sites is 1. The molecule has 2 saturated heterocycles. The highest BCUT2D eigenvalue weighted by Crippen LogP contribution is 2.26. The van der Waals surface area contributed by atoms with Gasteiger partial charge >= 0.3 is 0 Å². The second kappa shape index (κ2) is 8.28. The molecule has 0 aliphatic carbocycles. The molecule has 0 N–H and O–H groups in total. The minimum atomic E-state index is 0.0707. The van der Waals surface area contributed by atoms with Crippen LogP contribution in [0, 0.1) is 0 Å². The summed E-state index contributed by atoms with van der Waals surface area (Å²) in [4.78, 5) is 28.6. The molecule has 154 valence electrons. The molecule has 2 fully saturated rings. The smallest absolute Gasteiger partial charge is 0.254 e. The van der Waals surface area contributed by atoms with E-state index in [1.54, 1.807) is 6.33 Å². The molecule has 7 nitrogen and oxygen atoms in total. The lowest BCUT2D eigenvalue weighted by molar-refractivity contribution is 0.0747. The molecule has 1 amide bonds. The van der Waals surface area contributed by atoms with Crippen LogP contribution in [0.2, 0.25) is 0 Å². The van der Waals surface area contributed by atoms with Gasteiger partial charge in [0.05, 0.1) is 18.7 Å². The molecule has 0 radical (unpaired) electrons. The quantitative estimate of drug-likeness (QED) is 0.669. The van der Waals surface area contributed by atoms with Gasteiger partial charge in [-0.15, -0.1) is 0 Å². The topological polar surface area (TPSA) is 61.8 Å². The summed E-state index contributed by atoms with van der Waals surface area (Å²) >= 11 is 0. The second-order valence-electron chi connectivity index (χ2n) is 7.64. The molecule has 0 unspecified atom stereocenters. The number of rotatable bonds is 3. The van der Waals surface area contributed by atoms with Crippen molar-refractivity contribution in [2.24, 2.45) is 0 Å². The highest BCUT2D eigenvalue weighted by atomic mass is 16.5. The van der Waals surface area contributed by atoms with Gasteiger partial charge in [-0.3, -0.25) is 4.79 Å². The van der Waals surface area contributed by atoms with E-state index in [9.17, 15) is 4.79 Å². The van der Waals surface area contributed by atoms with Gasteiger partial charge in [0.25, 0.3) is 5.91 Å². The zero-order chi connectivity index (χ0) is 20.3. The van der Waals surface area contributed by atoms with Crippen molar-refractivity contribution in [3.63, 3.8) is 0 Å². The molecular formula is C23H25N5O2. The molecular weight excluding hydrogens is 378 g/mol. The van der Waals surface area contributed by atoms with Crippen LogP contribution in [0.5, 0.6) is 0 Å². The molecule has 3 aromatic rings. The van der Waals surface area contributed by atoms with Gasteiger partial charge in [0.1, 0.15) is 12.1 Å². The van der Waals surface area contributed by atoms with Crippen molar-refractivity contribution < 1.29 is 9.53 Å². The first-order valence-electron chi connectivity index (χ1n) is 10.5. The van der Waals surface area contributed by atoms with E-state index in [1.807, 2.05) is 29.2 Å². The Labute approximate surface area is 175 Å². The van der Waals surface area contributed by atoms with Crippen LogP contribution in [0.4, 0.5) is 11.5 Å². The van der Waals surface area contributed by atoms with Crippen LogP contribution in [0.15, 0.2) is 54.9 Å². The number of ether oxygens (including phenoxy) is 1. The van der Waals surface area contributed by atoms with Crippen molar-refractivity contribution in [3.05, 3.63) is 60.4 Å². The molecule has 2 aromatic carbocycles. The average Bonchev–Trinajstić information content (AvgIpc) is 2.84.